The van der Waals surface area contributed by atoms with Crippen molar-refractivity contribution in [1.82, 2.24) is 15.1 Å². The van der Waals surface area contributed by atoms with Crippen LogP contribution in [0.3, 0.4) is 0 Å². The van der Waals surface area contributed by atoms with Gasteiger partial charge in [0.05, 0.1) is 0 Å². The van der Waals surface area contributed by atoms with Crippen molar-refractivity contribution in [3.63, 3.8) is 0 Å². The molecule has 1 aromatic rings. The van der Waals surface area contributed by atoms with Crippen molar-refractivity contribution >= 4 is 0 Å². The van der Waals surface area contributed by atoms with E-state index in [0.717, 1.165) is 6.54 Å². The first-order valence-corrected chi connectivity index (χ1v) is 7.82. The first-order chi connectivity index (χ1) is 9.63. The van der Waals surface area contributed by atoms with Gasteiger partial charge in [0.25, 0.3) is 0 Å². The topological polar surface area (TPSA) is 18.5 Å². The van der Waals surface area contributed by atoms with E-state index in [2.05, 4.69) is 73.4 Å². The molecule has 0 radical (unpaired) electrons. The van der Waals surface area contributed by atoms with E-state index in [1.165, 1.54) is 25.1 Å². The number of likely N-dealkylation sites (tertiary alicyclic amines) is 1. The van der Waals surface area contributed by atoms with Gasteiger partial charge in [-0.15, -0.1) is 0 Å². The molecule has 1 aliphatic rings. The number of hydrogen-bond acceptors (Lipinski definition) is 3. The fourth-order valence-electron chi connectivity index (χ4n) is 3.22. The molecule has 0 aliphatic carbocycles. The Kier molecular flexibility index (Phi) is 5.58. The number of nitrogens with one attached hydrogen (secondary N) is 1. The molecule has 3 unspecified atom stereocenters. The minimum Gasteiger partial charge on any atom is -0.309 e. The van der Waals surface area contributed by atoms with Crippen molar-refractivity contribution in [2.75, 3.05) is 33.7 Å². The highest BCUT2D eigenvalue weighted by Gasteiger charge is 2.31. The summed E-state index contributed by atoms with van der Waals surface area (Å²) in [4.78, 5) is 4.99. The fraction of sp³-hybridized carbons (Fsp3) is 0.647. The first-order valence-electron chi connectivity index (χ1n) is 7.82. The van der Waals surface area contributed by atoms with E-state index in [9.17, 15) is 0 Å². The average Bonchev–Trinajstić information content (AvgIpc) is 2.95. The molecule has 112 valence electrons. The molecule has 2 rings (SSSR count). The molecule has 1 heterocycles. The Morgan fingerprint density at radius 1 is 1.30 bits per heavy atom. The summed E-state index contributed by atoms with van der Waals surface area (Å²) in [5.41, 5.74) is 1.40. The van der Waals surface area contributed by atoms with Gasteiger partial charge in [0, 0.05) is 31.2 Å². The Bertz CT molecular complexity index is 390. The number of hydrogen-bond donors (Lipinski definition) is 1. The molecule has 1 aliphatic heterocycles. The fourth-order valence-corrected chi connectivity index (χ4v) is 3.22. The van der Waals surface area contributed by atoms with Crippen LogP contribution in [0.2, 0.25) is 0 Å². The van der Waals surface area contributed by atoms with Gasteiger partial charge in [-0.25, -0.2) is 0 Å². The van der Waals surface area contributed by atoms with Crippen molar-refractivity contribution in [3.8, 4) is 0 Å². The Balaban J connectivity index is 2.06. The third-order valence-electron chi connectivity index (χ3n) is 4.57. The highest BCUT2D eigenvalue weighted by Crippen LogP contribution is 2.25. The maximum absolute atomic E-state index is 3.66. The van der Waals surface area contributed by atoms with E-state index < -0.39 is 0 Å². The van der Waals surface area contributed by atoms with E-state index >= 15 is 0 Å². The third-order valence-corrected chi connectivity index (χ3v) is 4.57. The van der Waals surface area contributed by atoms with Gasteiger partial charge >= 0.3 is 0 Å². The van der Waals surface area contributed by atoms with Crippen molar-refractivity contribution in [2.24, 2.45) is 0 Å². The van der Waals surface area contributed by atoms with Crippen LogP contribution in [0.1, 0.15) is 31.9 Å². The molecule has 3 heteroatoms. The van der Waals surface area contributed by atoms with Crippen LogP contribution in [-0.4, -0.2) is 55.6 Å². The predicted octanol–water partition coefficient (Wildman–Crippen LogP) is 2.36. The third kappa shape index (κ3) is 3.60. The van der Waals surface area contributed by atoms with Gasteiger partial charge in [-0.3, -0.25) is 4.90 Å². The quantitative estimate of drug-likeness (QED) is 0.860. The molecule has 0 bridgehead atoms. The molecule has 1 N–H and O–H groups in total. The second kappa shape index (κ2) is 7.21. The zero-order valence-electron chi connectivity index (χ0n) is 13.3. The van der Waals surface area contributed by atoms with Gasteiger partial charge in [0.15, 0.2) is 0 Å². The molecule has 3 nitrogen and oxygen atoms in total. The summed E-state index contributed by atoms with van der Waals surface area (Å²) in [5, 5.41) is 3.66. The van der Waals surface area contributed by atoms with Gasteiger partial charge in [-0.05, 0) is 39.5 Å². The second-order valence-corrected chi connectivity index (χ2v) is 6.09. The number of likely N-dealkylation sites (N-methyl/N-ethyl adjacent to an activating group) is 2. The second-order valence-electron chi connectivity index (χ2n) is 6.09. The number of benzene rings is 1. The zero-order chi connectivity index (χ0) is 14.5. The van der Waals surface area contributed by atoms with E-state index in [1.54, 1.807) is 0 Å². The van der Waals surface area contributed by atoms with Crippen LogP contribution in [0.25, 0.3) is 0 Å². The van der Waals surface area contributed by atoms with E-state index in [-0.39, 0.29) is 0 Å². The van der Waals surface area contributed by atoms with E-state index in [0.29, 0.717) is 18.1 Å². The molecule has 1 aromatic carbocycles. The minimum absolute atomic E-state index is 0.419. The first kappa shape index (κ1) is 15.5. The summed E-state index contributed by atoms with van der Waals surface area (Å²) in [6.45, 7) is 7.95. The van der Waals surface area contributed by atoms with Crippen LogP contribution in [-0.2, 0) is 0 Å². The Labute approximate surface area is 124 Å². The normalized spacial score (nSPS) is 23.1. The van der Waals surface area contributed by atoms with Gasteiger partial charge in [0.2, 0.25) is 0 Å². The van der Waals surface area contributed by atoms with Crippen molar-refractivity contribution < 1.29 is 0 Å². The lowest BCUT2D eigenvalue weighted by Gasteiger charge is -2.33. The van der Waals surface area contributed by atoms with Crippen LogP contribution in [0.4, 0.5) is 0 Å². The molecule has 0 amide bonds. The highest BCUT2D eigenvalue weighted by atomic mass is 15.3. The van der Waals surface area contributed by atoms with Gasteiger partial charge in [0.1, 0.15) is 0 Å². The average molecular weight is 275 g/mol. The highest BCUT2D eigenvalue weighted by molar-refractivity contribution is 5.20. The summed E-state index contributed by atoms with van der Waals surface area (Å²) >= 11 is 0. The lowest BCUT2D eigenvalue weighted by molar-refractivity contribution is 0.189. The maximum Gasteiger partial charge on any atom is 0.0475 e. The minimum atomic E-state index is 0.419. The lowest BCUT2D eigenvalue weighted by Crippen LogP contribution is -2.43. The monoisotopic (exact) mass is 275 g/mol. The van der Waals surface area contributed by atoms with Crippen LogP contribution >= 0.6 is 0 Å². The Morgan fingerprint density at radius 2 is 2.00 bits per heavy atom. The lowest BCUT2D eigenvalue weighted by atomic mass is 9.99. The van der Waals surface area contributed by atoms with Gasteiger partial charge in [-0.1, -0.05) is 37.3 Å². The van der Waals surface area contributed by atoms with E-state index in [1.807, 2.05) is 0 Å². The molecule has 0 spiro atoms. The van der Waals surface area contributed by atoms with Crippen molar-refractivity contribution in [3.05, 3.63) is 35.9 Å². The van der Waals surface area contributed by atoms with Crippen LogP contribution in [0.5, 0.6) is 0 Å². The van der Waals surface area contributed by atoms with Crippen LogP contribution in [0, 0.1) is 0 Å². The summed E-state index contributed by atoms with van der Waals surface area (Å²) in [5.74, 6) is 0. The van der Waals surface area contributed by atoms with Crippen LogP contribution < -0.4 is 5.32 Å². The SMILES string of the molecule is CCNC(c1ccccc1)C(C)N1CCC(N(C)C)C1. The summed E-state index contributed by atoms with van der Waals surface area (Å²) in [6.07, 6.45) is 1.28. The molecule has 0 saturated carbocycles. The zero-order valence-corrected chi connectivity index (χ0v) is 13.3. The van der Waals surface area contributed by atoms with E-state index in [4.69, 9.17) is 0 Å². The van der Waals surface area contributed by atoms with Gasteiger partial charge < -0.3 is 10.2 Å². The number of nitrogens with zero attached hydrogens (tertiary/aromatic N) is 2. The number of rotatable bonds is 6. The van der Waals surface area contributed by atoms with Crippen molar-refractivity contribution in [2.45, 2.75) is 38.4 Å². The molecule has 1 saturated heterocycles. The maximum atomic E-state index is 3.66. The van der Waals surface area contributed by atoms with Crippen LogP contribution in [0.15, 0.2) is 30.3 Å². The van der Waals surface area contributed by atoms with Gasteiger partial charge in [-0.2, -0.15) is 0 Å². The smallest absolute Gasteiger partial charge is 0.0475 e. The summed E-state index contributed by atoms with van der Waals surface area (Å²) in [7, 11) is 4.38. The molecular weight excluding hydrogens is 246 g/mol. The predicted molar refractivity (Wildman–Crippen MR) is 86.0 cm³/mol. The van der Waals surface area contributed by atoms with Crippen molar-refractivity contribution in [1.29, 1.82) is 0 Å². The summed E-state index contributed by atoms with van der Waals surface area (Å²) < 4.78 is 0. The molecule has 1 fully saturated rings. The molecular formula is C17H29N3. The standard InChI is InChI=1S/C17H29N3/c1-5-18-17(15-9-7-6-8-10-15)14(2)20-12-11-16(13-20)19(3)4/h6-10,14,16-18H,5,11-13H2,1-4H3. The molecule has 0 aromatic heterocycles. The largest absolute Gasteiger partial charge is 0.309 e. The molecule has 3 atom stereocenters. The Morgan fingerprint density at radius 3 is 2.55 bits per heavy atom. The summed E-state index contributed by atoms with van der Waals surface area (Å²) in [6, 6.07) is 12.5. The Hall–Kier alpha value is -0.900. The molecule has 20 heavy (non-hydrogen) atoms.